The Hall–Kier alpha value is -2.63. The number of hydrogen-bond acceptors (Lipinski definition) is 3. The maximum Gasteiger partial charge on any atom is 0.341 e. The van der Waals surface area contributed by atoms with Crippen molar-refractivity contribution >= 4 is 5.97 Å². The van der Waals surface area contributed by atoms with E-state index in [1.165, 1.54) is 6.07 Å². The quantitative estimate of drug-likeness (QED) is 0.466. The van der Waals surface area contributed by atoms with Gasteiger partial charge in [0.05, 0.1) is 13.7 Å². The Labute approximate surface area is 193 Å². The van der Waals surface area contributed by atoms with E-state index in [0.29, 0.717) is 29.6 Å². The fourth-order valence-electron chi connectivity index (χ4n) is 5.20. The van der Waals surface area contributed by atoms with Crippen LogP contribution in [0.25, 0.3) is 0 Å². The van der Waals surface area contributed by atoms with Crippen LogP contribution in [0, 0.1) is 17.7 Å². The van der Waals surface area contributed by atoms with E-state index in [2.05, 4.69) is 0 Å². The molecular formula is C27H32F2O4. The minimum atomic E-state index is -2.31. The van der Waals surface area contributed by atoms with Gasteiger partial charge >= 0.3 is 5.97 Å². The van der Waals surface area contributed by atoms with Crippen molar-refractivity contribution < 1.29 is 28.2 Å². The SMILES string of the molecule is COc1ccc(F)c([C@H]2CC[C@H](COc3cccc([C@H](C4CC4)[C@](C)(F)C(=O)O)c3)CC2)c1. The molecule has 2 aliphatic rings. The van der Waals surface area contributed by atoms with Gasteiger partial charge in [-0.15, -0.1) is 0 Å². The van der Waals surface area contributed by atoms with Crippen molar-refractivity contribution in [1.29, 1.82) is 0 Å². The number of aliphatic carboxylic acids is 1. The second-order valence-electron chi connectivity index (χ2n) is 9.68. The van der Waals surface area contributed by atoms with Crippen molar-refractivity contribution in [2.45, 2.75) is 63.0 Å². The molecule has 4 nitrogen and oxygen atoms in total. The maximum absolute atomic E-state index is 15.0. The van der Waals surface area contributed by atoms with Crippen molar-refractivity contribution in [2.75, 3.05) is 13.7 Å². The summed E-state index contributed by atoms with van der Waals surface area (Å²) in [6, 6.07) is 12.1. The Balaban J connectivity index is 1.36. The van der Waals surface area contributed by atoms with Crippen LogP contribution in [0.5, 0.6) is 11.5 Å². The second kappa shape index (κ2) is 9.70. The zero-order chi connectivity index (χ0) is 23.6. The molecule has 2 atom stereocenters. The minimum absolute atomic E-state index is 0.0543. The molecule has 0 spiro atoms. The van der Waals surface area contributed by atoms with Crippen molar-refractivity contribution in [3.8, 4) is 11.5 Å². The predicted octanol–water partition coefficient (Wildman–Crippen LogP) is 6.49. The Morgan fingerprint density at radius 2 is 1.82 bits per heavy atom. The van der Waals surface area contributed by atoms with Crippen LogP contribution in [0.1, 0.15) is 68.4 Å². The molecule has 2 fully saturated rings. The van der Waals surface area contributed by atoms with Gasteiger partial charge in [-0.3, -0.25) is 0 Å². The van der Waals surface area contributed by atoms with Crippen LogP contribution in [0.4, 0.5) is 8.78 Å². The molecule has 0 aliphatic heterocycles. The molecule has 0 radical (unpaired) electrons. The van der Waals surface area contributed by atoms with Gasteiger partial charge in [-0.2, -0.15) is 0 Å². The second-order valence-corrected chi connectivity index (χ2v) is 9.68. The van der Waals surface area contributed by atoms with Gasteiger partial charge in [0, 0.05) is 5.92 Å². The van der Waals surface area contributed by atoms with Crippen LogP contribution >= 0.6 is 0 Å². The zero-order valence-electron chi connectivity index (χ0n) is 19.2. The topological polar surface area (TPSA) is 55.8 Å². The molecule has 0 saturated heterocycles. The van der Waals surface area contributed by atoms with E-state index in [-0.39, 0.29) is 17.7 Å². The van der Waals surface area contributed by atoms with Gasteiger partial charge in [0.2, 0.25) is 5.67 Å². The lowest BCUT2D eigenvalue weighted by Gasteiger charge is -2.29. The maximum atomic E-state index is 15.0. The van der Waals surface area contributed by atoms with Gasteiger partial charge in [0.25, 0.3) is 0 Å². The molecule has 1 N–H and O–H groups in total. The van der Waals surface area contributed by atoms with Gasteiger partial charge in [-0.1, -0.05) is 12.1 Å². The Morgan fingerprint density at radius 1 is 1.09 bits per heavy atom. The van der Waals surface area contributed by atoms with Crippen LogP contribution in [0.2, 0.25) is 0 Å². The summed E-state index contributed by atoms with van der Waals surface area (Å²) in [6.45, 7) is 1.70. The van der Waals surface area contributed by atoms with Crippen molar-refractivity contribution in [1.82, 2.24) is 0 Å². The molecule has 2 aromatic carbocycles. The predicted molar refractivity (Wildman–Crippen MR) is 122 cm³/mol. The molecule has 2 saturated carbocycles. The summed E-state index contributed by atoms with van der Waals surface area (Å²) in [5, 5.41) is 9.41. The number of methoxy groups -OCH3 is 1. The summed E-state index contributed by atoms with van der Waals surface area (Å²) >= 11 is 0. The van der Waals surface area contributed by atoms with Gasteiger partial charge < -0.3 is 14.6 Å². The normalized spacial score (nSPS) is 23.4. The highest BCUT2D eigenvalue weighted by molar-refractivity contribution is 5.78. The summed E-state index contributed by atoms with van der Waals surface area (Å²) < 4.78 is 40.6. The van der Waals surface area contributed by atoms with Crippen LogP contribution in [0.3, 0.4) is 0 Å². The number of carbonyl (C=O) groups is 1. The monoisotopic (exact) mass is 458 g/mol. The third-order valence-electron chi connectivity index (χ3n) is 7.29. The average molecular weight is 459 g/mol. The van der Waals surface area contributed by atoms with E-state index in [1.807, 2.05) is 6.07 Å². The lowest BCUT2D eigenvalue weighted by molar-refractivity contribution is -0.151. The molecule has 0 amide bonds. The smallest absolute Gasteiger partial charge is 0.341 e. The van der Waals surface area contributed by atoms with E-state index in [1.54, 1.807) is 37.4 Å². The number of rotatable bonds is 9. The highest BCUT2D eigenvalue weighted by Crippen LogP contribution is 2.50. The van der Waals surface area contributed by atoms with Crippen molar-refractivity contribution in [2.24, 2.45) is 11.8 Å². The summed E-state index contributed by atoms with van der Waals surface area (Å²) in [7, 11) is 1.59. The van der Waals surface area contributed by atoms with E-state index in [9.17, 15) is 14.3 Å². The summed E-state index contributed by atoms with van der Waals surface area (Å²) in [6.07, 6.45) is 5.35. The molecule has 178 valence electrons. The molecule has 0 aromatic heterocycles. The van der Waals surface area contributed by atoms with Gasteiger partial charge in [0.1, 0.15) is 17.3 Å². The highest BCUT2D eigenvalue weighted by Gasteiger charge is 2.50. The Morgan fingerprint density at radius 3 is 2.45 bits per heavy atom. The molecule has 0 heterocycles. The van der Waals surface area contributed by atoms with Crippen LogP contribution in [-0.4, -0.2) is 30.5 Å². The third kappa shape index (κ3) is 5.31. The molecule has 0 unspecified atom stereocenters. The molecule has 33 heavy (non-hydrogen) atoms. The molecule has 6 heteroatoms. The number of ether oxygens (including phenoxy) is 2. The molecule has 2 aliphatic carbocycles. The first-order valence-corrected chi connectivity index (χ1v) is 11.8. The van der Waals surface area contributed by atoms with Gasteiger partial charge in [-0.25, -0.2) is 13.6 Å². The number of hydrogen-bond donors (Lipinski definition) is 1. The number of carboxylic acid groups (broad SMARTS) is 1. The number of alkyl halides is 1. The van der Waals surface area contributed by atoms with Crippen molar-refractivity contribution in [3.63, 3.8) is 0 Å². The largest absolute Gasteiger partial charge is 0.497 e. The first-order valence-electron chi connectivity index (χ1n) is 11.8. The molecule has 0 bridgehead atoms. The van der Waals surface area contributed by atoms with Crippen LogP contribution in [-0.2, 0) is 4.79 Å². The van der Waals surface area contributed by atoms with E-state index < -0.39 is 17.6 Å². The lowest BCUT2D eigenvalue weighted by atomic mass is 9.79. The fraction of sp³-hybridized carbons (Fsp3) is 0.519. The highest BCUT2D eigenvalue weighted by atomic mass is 19.1. The molecular weight excluding hydrogens is 426 g/mol. The first kappa shape index (κ1) is 23.5. The van der Waals surface area contributed by atoms with Crippen LogP contribution < -0.4 is 9.47 Å². The van der Waals surface area contributed by atoms with Crippen LogP contribution in [0.15, 0.2) is 42.5 Å². The van der Waals surface area contributed by atoms with Crippen molar-refractivity contribution in [3.05, 3.63) is 59.4 Å². The van der Waals surface area contributed by atoms with Gasteiger partial charge in [0.15, 0.2) is 0 Å². The minimum Gasteiger partial charge on any atom is -0.497 e. The Bertz CT molecular complexity index is 978. The molecule has 4 rings (SSSR count). The average Bonchev–Trinajstić information content (AvgIpc) is 3.63. The van der Waals surface area contributed by atoms with E-state index >= 15 is 4.39 Å². The van der Waals surface area contributed by atoms with Gasteiger partial charge in [-0.05, 0) is 105 Å². The number of benzene rings is 2. The standard InChI is InChI=1S/C27H32F2O4/c1-27(29,26(30)31)25(19-10-11-19)20-4-3-5-22(14-20)33-16-17-6-8-18(9-7-17)23-15-21(32-2)12-13-24(23)28/h3-5,12-15,17-19,25H,6-11,16H2,1-2H3,(H,30,31)/t17-,18-,25-,27-/m0/s1. The fourth-order valence-corrected chi connectivity index (χ4v) is 5.20. The van der Waals surface area contributed by atoms with E-state index in [0.717, 1.165) is 51.0 Å². The molecule has 2 aromatic rings. The number of carboxylic acids is 1. The van der Waals surface area contributed by atoms with E-state index in [4.69, 9.17) is 9.47 Å². The first-order chi connectivity index (χ1) is 15.8. The third-order valence-corrected chi connectivity index (χ3v) is 7.29. The zero-order valence-corrected chi connectivity index (χ0v) is 19.2. The lowest BCUT2D eigenvalue weighted by Crippen LogP contribution is -2.38. The summed E-state index contributed by atoms with van der Waals surface area (Å²) in [5.74, 6) is -0.367. The summed E-state index contributed by atoms with van der Waals surface area (Å²) in [5.41, 5.74) is -0.909. The number of halogens is 2. The summed E-state index contributed by atoms with van der Waals surface area (Å²) in [4.78, 5) is 11.5. The Kier molecular flexibility index (Phi) is 6.91.